The predicted octanol–water partition coefficient (Wildman–Crippen LogP) is 3.20. The molecule has 2 rings (SSSR count). The number of carbonyl (C=O) groups excluding carboxylic acids is 2. The predicted molar refractivity (Wildman–Crippen MR) is 99.2 cm³/mol. The van der Waals surface area contributed by atoms with E-state index in [1.54, 1.807) is 18.2 Å². The zero-order chi connectivity index (χ0) is 18.4. The first-order valence-corrected chi connectivity index (χ1v) is 8.75. The van der Waals surface area contributed by atoms with Crippen molar-refractivity contribution in [1.29, 1.82) is 0 Å². The van der Waals surface area contributed by atoms with E-state index in [0.717, 1.165) is 0 Å². The van der Waals surface area contributed by atoms with E-state index >= 15 is 0 Å². The van der Waals surface area contributed by atoms with Gasteiger partial charge in [0.15, 0.2) is 0 Å². The van der Waals surface area contributed by atoms with E-state index in [0.29, 0.717) is 33.6 Å². The number of hydrogen-bond acceptors (Lipinski definition) is 5. The van der Waals surface area contributed by atoms with Crippen molar-refractivity contribution < 1.29 is 19.1 Å². The summed E-state index contributed by atoms with van der Waals surface area (Å²) >= 11 is 7.46. The van der Waals surface area contributed by atoms with Crippen molar-refractivity contribution in [1.82, 2.24) is 5.32 Å². The molecule has 0 unspecified atom stereocenters. The molecule has 25 heavy (non-hydrogen) atoms. The van der Waals surface area contributed by atoms with Crippen molar-refractivity contribution in [3.05, 3.63) is 39.5 Å². The first-order valence-electron chi connectivity index (χ1n) is 7.49. The number of nitrogens with one attached hydrogen (secondary N) is 1. The van der Waals surface area contributed by atoms with Crippen molar-refractivity contribution in [3.63, 3.8) is 0 Å². The van der Waals surface area contributed by atoms with Crippen molar-refractivity contribution in [2.24, 2.45) is 0 Å². The van der Waals surface area contributed by atoms with Crippen molar-refractivity contribution >= 4 is 40.4 Å². The number of methoxy groups -OCH3 is 2. The molecule has 0 bridgehead atoms. The first kappa shape index (κ1) is 19.1. The Hall–Kier alpha value is -2.25. The second-order valence-corrected chi connectivity index (χ2v) is 6.42. The van der Waals surface area contributed by atoms with Crippen LogP contribution in [0.25, 0.3) is 0 Å². The third kappa shape index (κ3) is 4.64. The van der Waals surface area contributed by atoms with Gasteiger partial charge in [-0.15, -0.1) is 11.3 Å². The highest BCUT2D eigenvalue weighted by atomic mass is 35.5. The third-order valence-electron chi connectivity index (χ3n) is 3.49. The van der Waals surface area contributed by atoms with Crippen molar-refractivity contribution in [2.45, 2.75) is 6.92 Å². The molecule has 0 aliphatic heterocycles. The lowest BCUT2D eigenvalue weighted by atomic mass is 10.2. The van der Waals surface area contributed by atoms with Crippen molar-refractivity contribution in [2.75, 3.05) is 32.2 Å². The minimum atomic E-state index is -0.187. The number of nitrogens with zero attached hydrogens (tertiary/aromatic N) is 1. The lowest BCUT2D eigenvalue weighted by Gasteiger charge is -2.24. The van der Waals surface area contributed by atoms with Crippen LogP contribution in [0.2, 0.25) is 5.02 Å². The normalized spacial score (nSPS) is 10.2. The number of halogens is 1. The van der Waals surface area contributed by atoms with Crippen LogP contribution < -0.4 is 19.7 Å². The van der Waals surface area contributed by atoms with Gasteiger partial charge in [-0.25, -0.2) is 0 Å². The van der Waals surface area contributed by atoms with Gasteiger partial charge in [-0.2, -0.15) is 0 Å². The van der Waals surface area contributed by atoms with E-state index in [1.807, 2.05) is 11.4 Å². The second-order valence-electron chi connectivity index (χ2n) is 5.06. The first-order chi connectivity index (χ1) is 12.0. The molecule has 1 N–H and O–H groups in total. The fraction of sp³-hybridized carbons (Fsp3) is 0.294. The molecule has 2 aromatic rings. The molecule has 0 atom stereocenters. The fourth-order valence-electron chi connectivity index (χ4n) is 2.28. The Morgan fingerprint density at radius 3 is 2.52 bits per heavy atom. The Morgan fingerprint density at radius 2 is 1.96 bits per heavy atom. The van der Waals surface area contributed by atoms with Gasteiger partial charge < -0.3 is 19.7 Å². The number of benzene rings is 1. The minimum absolute atomic E-state index is 0.167. The van der Waals surface area contributed by atoms with Gasteiger partial charge in [0.1, 0.15) is 11.5 Å². The molecule has 0 aliphatic rings. The van der Waals surface area contributed by atoms with Gasteiger partial charge in [0, 0.05) is 32.1 Å². The molecule has 1 aromatic heterocycles. The maximum absolute atomic E-state index is 12.1. The van der Waals surface area contributed by atoms with Crippen LogP contribution in [0.4, 0.5) is 5.69 Å². The average molecular weight is 383 g/mol. The molecular weight excluding hydrogens is 364 g/mol. The van der Waals surface area contributed by atoms with Crippen LogP contribution in [0, 0.1) is 0 Å². The van der Waals surface area contributed by atoms with Crippen molar-refractivity contribution in [3.8, 4) is 11.5 Å². The Labute approximate surface area is 155 Å². The Kier molecular flexibility index (Phi) is 6.66. The highest BCUT2D eigenvalue weighted by molar-refractivity contribution is 7.12. The maximum atomic E-state index is 12.1. The molecule has 134 valence electrons. The van der Waals surface area contributed by atoms with Crippen LogP contribution >= 0.6 is 22.9 Å². The summed E-state index contributed by atoms with van der Waals surface area (Å²) in [5.41, 5.74) is 0.529. The quantitative estimate of drug-likeness (QED) is 0.798. The van der Waals surface area contributed by atoms with Gasteiger partial charge in [-0.1, -0.05) is 17.7 Å². The number of rotatable bonds is 7. The van der Waals surface area contributed by atoms with E-state index in [1.165, 1.54) is 37.4 Å². The SMILES string of the molecule is COc1cc(N(CCNC(=O)c2cccs2)C(C)=O)c(OC)cc1Cl. The summed E-state index contributed by atoms with van der Waals surface area (Å²) in [6.07, 6.45) is 0. The highest BCUT2D eigenvalue weighted by Crippen LogP contribution is 2.38. The summed E-state index contributed by atoms with van der Waals surface area (Å²) in [6.45, 7) is 2.03. The monoisotopic (exact) mass is 382 g/mol. The minimum Gasteiger partial charge on any atom is -0.495 e. The lowest BCUT2D eigenvalue weighted by molar-refractivity contribution is -0.116. The number of anilines is 1. The van der Waals surface area contributed by atoms with Crippen LogP contribution in [0.3, 0.4) is 0 Å². The number of thiophene rings is 1. The van der Waals surface area contributed by atoms with Crippen LogP contribution in [-0.2, 0) is 4.79 Å². The van der Waals surface area contributed by atoms with Gasteiger partial charge in [-0.05, 0) is 11.4 Å². The summed E-state index contributed by atoms with van der Waals surface area (Å²) in [5.74, 6) is 0.532. The van der Waals surface area contributed by atoms with Gasteiger partial charge in [0.2, 0.25) is 5.91 Å². The zero-order valence-electron chi connectivity index (χ0n) is 14.2. The van der Waals surface area contributed by atoms with Gasteiger partial charge >= 0.3 is 0 Å². The molecule has 0 saturated heterocycles. The Balaban J connectivity index is 2.15. The lowest BCUT2D eigenvalue weighted by Crippen LogP contribution is -2.37. The van der Waals surface area contributed by atoms with Crippen LogP contribution in [-0.4, -0.2) is 39.1 Å². The molecule has 0 fully saturated rings. The zero-order valence-corrected chi connectivity index (χ0v) is 15.7. The van der Waals surface area contributed by atoms with Gasteiger partial charge in [0.25, 0.3) is 5.91 Å². The van der Waals surface area contributed by atoms with E-state index in [-0.39, 0.29) is 18.4 Å². The van der Waals surface area contributed by atoms with Crippen LogP contribution in [0.5, 0.6) is 11.5 Å². The average Bonchev–Trinajstić information content (AvgIpc) is 3.13. The molecule has 1 heterocycles. The van der Waals surface area contributed by atoms with E-state index in [2.05, 4.69) is 5.32 Å². The summed E-state index contributed by atoms with van der Waals surface area (Å²) in [6, 6.07) is 6.79. The molecule has 0 spiro atoms. The Morgan fingerprint density at radius 1 is 1.24 bits per heavy atom. The maximum Gasteiger partial charge on any atom is 0.261 e. The van der Waals surface area contributed by atoms with E-state index < -0.39 is 0 Å². The van der Waals surface area contributed by atoms with Gasteiger partial charge in [-0.3, -0.25) is 9.59 Å². The van der Waals surface area contributed by atoms with E-state index in [9.17, 15) is 9.59 Å². The van der Waals surface area contributed by atoms with Crippen LogP contribution in [0.15, 0.2) is 29.6 Å². The summed E-state index contributed by atoms with van der Waals surface area (Å²) < 4.78 is 10.5. The molecule has 2 amide bonds. The number of carbonyl (C=O) groups is 2. The Bertz CT molecular complexity index is 749. The molecular formula is C17H19ClN2O4S. The number of hydrogen-bond donors (Lipinski definition) is 1. The molecule has 8 heteroatoms. The number of amides is 2. The second kappa shape index (κ2) is 8.73. The third-order valence-corrected chi connectivity index (χ3v) is 4.65. The molecule has 0 aliphatic carbocycles. The largest absolute Gasteiger partial charge is 0.495 e. The van der Waals surface area contributed by atoms with Gasteiger partial charge in [0.05, 0.1) is 29.8 Å². The van der Waals surface area contributed by atoms with E-state index in [4.69, 9.17) is 21.1 Å². The standard InChI is InChI=1S/C17H19ClN2O4S/c1-11(21)20(7-6-19-17(22)16-5-4-8-25-16)13-10-14(23-2)12(18)9-15(13)24-3/h4-5,8-10H,6-7H2,1-3H3,(H,19,22). The summed E-state index contributed by atoms with van der Waals surface area (Å²) in [5, 5.41) is 5.02. The highest BCUT2D eigenvalue weighted by Gasteiger charge is 2.19. The fourth-order valence-corrected chi connectivity index (χ4v) is 3.15. The molecule has 6 nitrogen and oxygen atoms in total. The number of ether oxygens (including phenoxy) is 2. The smallest absolute Gasteiger partial charge is 0.261 e. The summed E-state index contributed by atoms with van der Waals surface area (Å²) in [4.78, 5) is 26.2. The summed E-state index contributed by atoms with van der Waals surface area (Å²) in [7, 11) is 3.00. The molecule has 1 aromatic carbocycles. The van der Waals surface area contributed by atoms with Crippen LogP contribution in [0.1, 0.15) is 16.6 Å². The molecule has 0 saturated carbocycles. The molecule has 0 radical (unpaired) electrons. The topological polar surface area (TPSA) is 67.9 Å².